The Labute approximate surface area is 164 Å². The van der Waals surface area contributed by atoms with E-state index in [9.17, 15) is 0 Å². The zero-order valence-corrected chi connectivity index (χ0v) is 18.9. The van der Waals surface area contributed by atoms with Gasteiger partial charge in [0.15, 0.2) is 0 Å². The van der Waals surface area contributed by atoms with Gasteiger partial charge >= 0.3 is 8.72 Å². The van der Waals surface area contributed by atoms with Crippen LogP contribution in [0.25, 0.3) is 0 Å². The van der Waals surface area contributed by atoms with Crippen LogP contribution in [0.5, 0.6) is 0 Å². The molecule has 0 bridgehead atoms. The first-order valence-electron chi connectivity index (χ1n) is 11.8. The van der Waals surface area contributed by atoms with E-state index in [-0.39, 0.29) is 0 Å². The smallest absolute Gasteiger partial charge is 0.301 e. The van der Waals surface area contributed by atoms with Crippen molar-refractivity contribution in [3.8, 4) is 0 Å². The normalized spacial score (nSPS) is 20.8. The minimum absolute atomic E-state index is 0.775. The van der Waals surface area contributed by atoms with Crippen molar-refractivity contribution in [1.29, 1.82) is 0 Å². The third-order valence-electron chi connectivity index (χ3n) is 6.22. The maximum Gasteiger partial charge on any atom is 0.369 e. The largest absolute Gasteiger partial charge is 0.369 e. The van der Waals surface area contributed by atoms with Crippen LogP contribution in [0.2, 0.25) is 0 Å². The Balaban J connectivity index is 2.30. The summed E-state index contributed by atoms with van der Waals surface area (Å²) in [7, 11) is -2.08. The highest BCUT2D eigenvalue weighted by Crippen LogP contribution is 2.32. The summed E-state index contributed by atoms with van der Waals surface area (Å²) in [5, 5.41) is 0. The molecule has 2 rings (SSSR count). The van der Waals surface area contributed by atoms with Crippen molar-refractivity contribution in [3.05, 3.63) is 0 Å². The predicted molar refractivity (Wildman–Crippen MR) is 116 cm³/mol. The van der Waals surface area contributed by atoms with E-state index in [0.717, 1.165) is 31.7 Å². The Morgan fingerprint density at radius 3 is 1.27 bits per heavy atom. The van der Waals surface area contributed by atoms with Crippen molar-refractivity contribution in [2.24, 2.45) is 0 Å². The van der Waals surface area contributed by atoms with E-state index in [4.69, 9.17) is 0 Å². The van der Waals surface area contributed by atoms with Crippen molar-refractivity contribution >= 4 is 8.72 Å². The number of hydrogen-bond acceptors (Lipinski definition) is 4. The van der Waals surface area contributed by atoms with E-state index in [1.807, 2.05) is 0 Å². The lowest BCUT2D eigenvalue weighted by Crippen LogP contribution is -2.84. The molecule has 0 aromatic carbocycles. The Morgan fingerprint density at radius 1 is 0.615 bits per heavy atom. The highest BCUT2D eigenvalue weighted by atomic mass is 28.4. The van der Waals surface area contributed by atoms with Crippen LogP contribution in [0.3, 0.4) is 0 Å². The molecule has 0 unspecified atom stereocenters. The number of hydrogen-bond donors (Lipinski definition) is 3. The Bertz CT molecular complexity index is 314. The molecule has 154 valence electrons. The van der Waals surface area contributed by atoms with E-state index >= 15 is 0 Å². The molecule has 0 aromatic rings. The van der Waals surface area contributed by atoms with Crippen molar-refractivity contribution in [2.45, 2.75) is 116 Å². The lowest BCUT2D eigenvalue weighted by atomic mass is 9.91. The van der Waals surface area contributed by atoms with Crippen molar-refractivity contribution in [2.75, 3.05) is 19.6 Å². The second kappa shape index (κ2) is 12.5. The zero-order valence-electron chi connectivity index (χ0n) is 17.9. The summed E-state index contributed by atoms with van der Waals surface area (Å²) in [5.74, 6) is 0. The number of nitrogens with one attached hydrogen (secondary N) is 3. The van der Waals surface area contributed by atoms with Gasteiger partial charge in [0.25, 0.3) is 0 Å². The SMILES string of the molecule is CCCN[Si](NCCC)(NCCC)N(C1CCCCC1)C1CCCCC1. The van der Waals surface area contributed by atoms with Gasteiger partial charge in [-0.05, 0) is 64.6 Å². The van der Waals surface area contributed by atoms with E-state index in [2.05, 4.69) is 40.3 Å². The van der Waals surface area contributed by atoms with Crippen LogP contribution >= 0.6 is 0 Å². The van der Waals surface area contributed by atoms with Gasteiger partial charge in [0.2, 0.25) is 0 Å². The Hall–Kier alpha value is 0.0569. The maximum absolute atomic E-state index is 4.09. The number of rotatable bonds is 12. The van der Waals surface area contributed by atoms with Crippen molar-refractivity contribution in [1.82, 2.24) is 19.5 Å². The highest BCUT2D eigenvalue weighted by Gasteiger charge is 2.47. The predicted octanol–water partition coefficient (Wildman–Crippen LogP) is 4.39. The van der Waals surface area contributed by atoms with Gasteiger partial charge in [-0.2, -0.15) is 0 Å². The average Bonchev–Trinajstić information content (AvgIpc) is 2.70. The van der Waals surface area contributed by atoms with Gasteiger partial charge in [-0.3, -0.25) is 4.57 Å². The summed E-state index contributed by atoms with van der Waals surface area (Å²) in [6.45, 7) is 10.3. The van der Waals surface area contributed by atoms with Crippen LogP contribution in [-0.2, 0) is 0 Å². The van der Waals surface area contributed by atoms with Gasteiger partial charge < -0.3 is 14.9 Å². The minimum Gasteiger partial charge on any atom is -0.301 e. The highest BCUT2D eigenvalue weighted by molar-refractivity contribution is 6.70. The maximum atomic E-state index is 4.09. The minimum atomic E-state index is -2.08. The molecule has 2 saturated carbocycles. The van der Waals surface area contributed by atoms with Crippen LogP contribution < -0.4 is 14.9 Å². The topological polar surface area (TPSA) is 39.3 Å². The molecule has 26 heavy (non-hydrogen) atoms. The Kier molecular flexibility index (Phi) is 10.7. The number of nitrogens with zero attached hydrogens (tertiary/aromatic N) is 1. The first kappa shape index (κ1) is 22.3. The summed E-state index contributed by atoms with van der Waals surface area (Å²) < 4.78 is 3.03. The molecular weight excluding hydrogens is 336 g/mol. The summed E-state index contributed by atoms with van der Waals surface area (Å²) in [4.78, 5) is 12.3. The van der Waals surface area contributed by atoms with Gasteiger partial charge in [-0.15, -0.1) is 0 Å². The van der Waals surface area contributed by atoms with Gasteiger partial charge in [0, 0.05) is 12.1 Å². The van der Waals surface area contributed by atoms with E-state index in [0.29, 0.717) is 0 Å². The average molecular weight is 383 g/mol. The summed E-state index contributed by atoms with van der Waals surface area (Å²) >= 11 is 0. The molecule has 4 nitrogen and oxygen atoms in total. The fourth-order valence-corrected chi connectivity index (χ4v) is 9.31. The van der Waals surface area contributed by atoms with Gasteiger partial charge in [-0.1, -0.05) is 59.3 Å². The van der Waals surface area contributed by atoms with Gasteiger partial charge in [0.05, 0.1) is 0 Å². The fourth-order valence-electron chi connectivity index (χ4n) is 4.94. The van der Waals surface area contributed by atoms with Crippen LogP contribution in [0.4, 0.5) is 0 Å². The van der Waals surface area contributed by atoms with Gasteiger partial charge in [-0.25, -0.2) is 0 Å². The van der Waals surface area contributed by atoms with E-state index in [1.165, 1.54) is 83.5 Å². The standard InChI is InChI=1S/C21H46N4Si/c1-4-17-22-26(23-18-5-2,24-19-6-3)25(20-13-9-7-10-14-20)21-15-11-8-12-16-21/h20-24H,4-19H2,1-3H3. The molecule has 0 saturated heterocycles. The van der Waals surface area contributed by atoms with Gasteiger partial charge in [0.1, 0.15) is 0 Å². The molecule has 0 radical (unpaired) electrons. The molecule has 0 spiro atoms. The molecule has 0 aliphatic heterocycles. The molecule has 5 heteroatoms. The van der Waals surface area contributed by atoms with Crippen LogP contribution in [0, 0.1) is 0 Å². The molecule has 2 aliphatic rings. The third kappa shape index (κ3) is 6.30. The molecule has 0 aromatic heterocycles. The second-order valence-electron chi connectivity index (χ2n) is 8.48. The fraction of sp³-hybridized carbons (Fsp3) is 1.00. The lowest BCUT2D eigenvalue weighted by Gasteiger charge is -2.52. The molecule has 0 heterocycles. The monoisotopic (exact) mass is 382 g/mol. The van der Waals surface area contributed by atoms with E-state index < -0.39 is 8.72 Å². The molecule has 3 N–H and O–H groups in total. The first-order valence-corrected chi connectivity index (χ1v) is 13.8. The third-order valence-corrected chi connectivity index (χ3v) is 10.0. The van der Waals surface area contributed by atoms with E-state index in [1.54, 1.807) is 0 Å². The molecule has 0 atom stereocenters. The Morgan fingerprint density at radius 2 is 0.962 bits per heavy atom. The molecule has 2 aliphatic carbocycles. The molecule has 2 fully saturated rings. The second-order valence-corrected chi connectivity index (χ2v) is 11.5. The summed E-state index contributed by atoms with van der Waals surface area (Å²) in [6.07, 6.45) is 17.8. The summed E-state index contributed by atoms with van der Waals surface area (Å²) in [5.41, 5.74) is 0. The molecule has 0 amide bonds. The van der Waals surface area contributed by atoms with Crippen molar-refractivity contribution in [3.63, 3.8) is 0 Å². The van der Waals surface area contributed by atoms with Crippen LogP contribution in [-0.4, -0.2) is 45.0 Å². The molecular formula is C21H46N4Si. The van der Waals surface area contributed by atoms with Crippen LogP contribution in [0.1, 0.15) is 104 Å². The van der Waals surface area contributed by atoms with Crippen molar-refractivity contribution < 1.29 is 0 Å². The quantitative estimate of drug-likeness (QED) is 0.438. The lowest BCUT2D eigenvalue weighted by molar-refractivity contribution is 0.146. The summed E-state index contributed by atoms with van der Waals surface area (Å²) in [6, 6.07) is 1.55. The first-order chi connectivity index (χ1) is 12.8. The van der Waals surface area contributed by atoms with Crippen LogP contribution in [0.15, 0.2) is 0 Å². The zero-order chi connectivity index (χ0) is 18.7.